The summed E-state index contributed by atoms with van der Waals surface area (Å²) in [5, 5.41) is 13.6. The molecule has 1 N–H and O–H groups in total. The number of rotatable bonds is 5. The number of nitrogens with one attached hydrogen (secondary N) is 1. The molecule has 1 aromatic rings. The van der Waals surface area contributed by atoms with Gasteiger partial charge in [0.15, 0.2) is 0 Å². The van der Waals surface area contributed by atoms with E-state index in [1.54, 1.807) is 0 Å². The summed E-state index contributed by atoms with van der Waals surface area (Å²) in [6.07, 6.45) is 1.79. The number of nitro groups is 1. The van der Waals surface area contributed by atoms with Gasteiger partial charge in [0, 0.05) is 18.2 Å². The van der Waals surface area contributed by atoms with Crippen molar-refractivity contribution in [2.24, 2.45) is 0 Å². The summed E-state index contributed by atoms with van der Waals surface area (Å²) >= 11 is 5.87. The Hall–Kier alpha value is -1.62. The number of carbonyl (C=O) groups excluding carboxylic acids is 1. The molecule has 0 radical (unpaired) electrons. The Kier molecular flexibility index (Phi) is 5.09. The molecule has 0 saturated carbocycles. The summed E-state index contributed by atoms with van der Waals surface area (Å²) in [5.74, 6) is -0.385. The maximum Gasteiger partial charge on any atom is 0.270 e. The number of halogens is 1. The average Bonchev–Trinajstić information content (AvgIpc) is 2.29. The van der Waals surface area contributed by atoms with Gasteiger partial charge in [-0.1, -0.05) is 24.9 Å². The van der Waals surface area contributed by atoms with Gasteiger partial charge in [0.05, 0.1) is 15.5 Å². The fraction of sp³-hybridized carbons (Fsp3) is 0.417. The largest absolute Gasteiger partial charge is 0.350 e. The van der Waals surface area contributed by atoms with Crippen LogP contribution in [0.1, 0.15) is 37.0 Å². The summed E-state index contributed by atoms with van der Waals surface area (Å²) in [6, 6.07) is 3.84. The molecule has 5 nitrogen and oxygen atoms in total. The first-order valence-corrected chi connectivity index (χ1v) is 6.08. The number of amides is 1. The molecule has 0 aliphatic heterocycles. The van der Waals surface area contributed by atoms with E-state index < -0.39 is 4.92 Å². The van der Waals surface area contributed by atoms with Crippen LogP contribution < -0.4 is 5.32 Å². The van der Waals surface area contributed by atoms with Crippen molar-refractivity contribution in [1.29, 1.82) is 0 Å². The Morgan fingerprint density at radius 3 is 2.78 bits per heavy atom. The van der Waals surface area contributed by atoms with E-state index in [9.17, 15) is 14.9 Å². The Balaban J connectivity index is 2.91. The summed E-state index contributed by atoms with van der Waals surface area (Å²) in [6.45, 7) is 3.90. The zero-order valence-electron chi connectivity index (χ0n) is 10.3. The fourth-order valence-corrected chi connectivity index (χ4v) is 1.81. The Labute approximate surface area is 110 Å². The van der Waals surface area contributed by atoms with Gasteiger partial charge < -0.3 is 5.32 Å². The van der Waals surface area contributed by atoms with E-state index in [2.05, 4.69) is 5.32 Å². The van der Waals surface area contributed by atoms with Crippen molar-refractivity contribution in [1.82, 2.24) is 5.32 Å². The van der Waals surface area contributed by atoms with E-state index in [0.717, 1.165) is 12.8 Å². The number of non-ortho nitro benzene ring substituents is 1. The third kappa shape index (κ3) is 3.70. The number of benzene rings is 1. The number of hydrogen-bond acceptors (Lipinski definition) is 3. The molecule has 0 aliphatic rings. The summed E-state index contributed by atoms with van der Waals surface area (Å²) in [5.41, 5.74) is -0.0125. The first-order chi connectivity index (χ1) is 8.45. The molecule has 1 amide bonds. The van der Waals surface area contributed by atoms with Gasteiger partial charge in [-0.2, -0.15) is 0 Å². The average molecular weight is 271 g/mol. The van der Waals surface area contributed by atoms with Crippen LogP contribution in [0.2, 0.25) is 5.02 Å². The van der Waals surface area contributed by atoms with Crippen molar-refractivity contribution in [2.75, 3.05) is 0 Å². The molecule has 0 saturated heterocycles. The zero-order chi connectivity index (χ0) is 13.7. The Morgan fingerprint density at radius 1 is 1.56 bits per heavy atom. The van der Waals surface area contributed by atoms with Crippen molar-refractivity contribution in [2.45, 2.75) is 32.7 Å². The summed E-state index contributed by atoms with van der Waals surface area (Å²) < 4.78 is 0. The second kappa shape index (κ2) is 6.35. The fourth-order valence-electron chi connectivity index (χ4n) is 1.61. The molecule has 1 rings (SSSR count). The van der Waals surface area contributed by atoms with Crippen LogP contribution in [0.25, 0.3) is 0 Å². The van der Waals surface area contributed by atoms with Gasteiger partial charge in [-0.05, 0) is 19.4 Å². The lowest BCUT2D eigenvalue weighted by Gasteiger charge is -2.13. The van der Waals surface area contributed by atoms with Crippen molar-refractivity contribution < 1.29 is 9.72 Å². The smallest absolute Gasteiger partial charge is 0.270 e. The van der Waals surface area contributed by atoms with Gasteiger partial charge in [0.1, 0.15) is 0 Å². The molecule has 18 heavy (non-hydrogen) atoms. The van der Waals surface area contributed by atoms with Crippen molar-refractivity contribution >= 4 is 23.2 Å². The van der Waals surface area contributed by atoms with Crippen LogP contribution in [0.5, 0.6) is 0 Å². The van der Waals surface area contributed by atoms with Gasteiger partial charge in [-0.15, -0.1) is 0 Å². The molecule has 0 unspecified atom stereocenters. The van der Waals surface area contributed by atoms with E-state index in [-0.39, 0.29) is 28.2 Å². The molecular formula is C12H15ClN2O3. The molecule has 6 heteroatoms. The molecule has 0 bridgehead atoms. The third-order valence-corrected chi connectivity index (χ3v) is 2.83. The maximum absolute atomic E-state index is 11.9. The molecule has 98 valence electrons. The normalized spacial score (nSPS) is 11.9. The van der Waals surface area contributed by atoms with Crippen LogP contribution in [-0.4, -0.2) is 16.9 Å². The van der Waals surface area contributed by atoms with Crippen molar-refractivity contribution in [3.05, 3.63) is 38.9 Å². The monoisotopic (exact) mass is 270 g/mol. The minimum Gasteiger partial charge on any atom is -0.350 e. The lowest BCUT2D eigenvalue weighted by Crippen LogP contribution is -2.32. The van der Waals surface area contributed by atoms with Crippen LogP contribution in [0.3, 0.4) is 0 Å². The van der Waals surface area contributed by atoms with Gasteiger partial charge in [0.2, 0.25) is 0 Å². The predicted octanol–water partition coefficient (Wildman–Crippen LogP) is 3.17. The minimum absolute atomic E-state index is 0.0119. The first-order valence-electron chi connectivity index (χ1n) is 5.70. The molecule has 0 aliphatic carbocycles. The molecule has 1 aromatic carbocycles. The number of carbonyl (C=O) groups is 1. The topological polar surface area (TPSA) is 72.2 Å². The number of hydrogen-bond donors (Lipinski definition) is 1. The summed E-state index contributed by atoms with van der Waals surface area (Å²) in [7, 11) is 0. The van der Waals surface area contributed by atoms with E-state index in [1.165, 1.54) is 18.2 Å². The third-order valence-electron chi connectivity index (χ3n) is 2.50. The predicted molar refractivity (Wildman–Crippen MR) is 69.9 cm³/mol. The molecule has 0 fully saturated rings. The first kappa shape index (κ1) is 14.4. The van der Waals surface area contributed by atoms with Gasteiger partial charge in [-0.3, -0.25) is 14.9 Å². The highest BCUT2D eigenvalue weighted by Gasteiger charge is 2.16. The van der Waals surface area contributed by atoms with E-state index >= 15 is 0 Å². The van der Waals surface area contributed by atoms with Crippen molar-refractivity contribution in [3.8, 4) is 0 Å². The molecule has 0 spiro atoms. The highest BCUT2D eigenvalue weighted by Crippen LogP contribution is 2.22. The summed E-state index contributed by atoms with van der Waals surface area (Å²) in [4.78, 5) is 22.0. The standard InChI is InChI=1S/C12H15ClN2O3/c1-3-4-8(2)14-12(16)10-7-9(15(17)18)5-6-11(10)13/h5-8H,3-4H2,1-2H3,(H,14,16)/t8-/m0/s1. The van der Waals surface area contributed by atoms with Gasteiger partial charge >= 0.3 is 0 Å². The van der Waals surface area contributed by atoms with Crippen LogP contribution >= 0.6 is 11.6 Å². The van der Waals surface area contributed by atoms with E-state index in [4.69, 9.17) is 11.6 Å². The maximum atomic E-state index is 11.9. The molecule has 1 atom stereocenters. The Morgan fingerprint density at radius 2 is 2.22 bits per heavy atom. The van der Waals surface area contributed by atoms with Gasteiger partial charge in [-0.25, -0.2) is 0 Å². The second-order valence-corrected chi connectivity index (χ2v) is 4.49. The number of nitrogens with zero attached hydrogens (tertiary/aromatic N) is 1. The van der Waals surface area contributed by atoms with Crippen LogP contribution in [0.15, 0.2) is 18.2 Å². The van der Waals surface area contributed by atoms with E-state index in [0.29, 0.717) is 0 Å². The lowest BCUT2D eigenvalue weighted by atomic mass is 10.1. The van der Waals surface area contributed by atoms with Crippen molar-refractivity contribution in [3.63, 3.8) is 0 Å². The van der Waals surface area contributed by atoms with Crippen LogP contribution in [0.4, 0.5) is 5.69 Å². The van der Waals surface area contributed by atoms with Crippen LogP contribution in [-0.2, 0) is 0 Å². The van der Waals surface area contributed by atoms with E-state index in [1.807, 2.05) is 13.8 Å². The molecule has 0 heterocycles. The number of nitro benzene ring substituents is 1. The molecule has 0 aromatic heterocycles. The minimum atomic E-state index is -0.553. The SMILES string of the molecule is CCC[C@H](C)NC(=O)c1cc([N+](=O)[O-])ccc1Cl. The highest BCUT2D eigenvalue weighted by atomic mass is 35.5. The van der Waals surface area contributed by atoms with Gasteiger partial charge in [0.25, 0.3) is 11.6 Å². The quantitative estimate of drug-likeness (QED) is 0.660. The Bertz CT molecular complexity index is 463. The zero-order valence-corrected chi connectivity index (χ0v) is 11.0. The highest BCUT2D eigenvalue weighted by molar-refractivity contribution is 6.33. The van der Waals surface area contributed by atoms with Crippen LogP contribution in [0, 0.1) is 10.1 Å². The second-order valence-electron chi connectivity index (χ2n) is 4.08. The lowest BCUT2D eigenvalue weighted by molar-refractivity contribution is -0.384. The molecular weight excluding hydrogens is 256 g/mol.